The molecule has 88 valence electrons. The third-order valence-corrected chi connectivity index (χ3v) is 2.21. The highest BCUT2D eigenvalue weighted by atomic mass is 19.1. The van der Waals surface area contributed by atoms with Crippen LogP contribution in [0, 0.1) is 11.6 Å². The van der Waals surface area contributed by atoms with Crippen LogP contribution in [0.2, 0.25) is 0 Å². The van der Waals surface area contributed by atoms with Gasteiger partial charge >= 0.3 is 5.97 Å². The van der Waals surface area contributed by atoms with Crippen LogP contribution < -0.4 is 5.73 Å². The Bertz CT molecular complexity index is 595. The summed E-state index contributed by atoms with van der Waals surface area (Å²) >= 11 is 0. The van der Waals surface area contributed by atoms with E-state index < -0.39 is 17.6 Å². The van der Waals surface area contributed by atoms with Gasteiger partial charge in [0.15, 0.2) is 5.82 Å². The van der Waals surface area contributed by atoms with Gasteiger partial charge in [0.2, 0.25) is 0 Å². The Labute approximate surface area is 93.9 Å². The minimum Gasteiger partial charge on any atom is -0.477 e. The van der Waals surface area contributed by atoms with Crippen LogP contribution in [0.1, 0.15) is 10.4 Å². The van der Waals surface area contributed by atoms with Crippen molar-refractivity contribution in [2.75, 3.05) is 5.73 Å². The smallest absolute Gasteiger partial charge is 0.341 e. The van der Waals surface area contributed by atoms with Gasteiger partial charge < -0.3 is 10.8 Å². The number of nitrogen functional groups attached to an aromatic ring is 1. The van der Waals surface area contributed by atoms with E-state index in [0.29, 0.717) is 0 Å². The number of aromatic carboxylic acids is 1. The highest BCUT2D eigenvalue weighted by Gasteiger charge is 2.21. The van der Waals surface area contributed by atoms with E-state index in [0.717, 1.165) is 18.2 Å². The van der Waals surface area contributed by atoms with E-state index >= 15 is 0 Å². The van der Waals surface area contributed by atoms with Crippen LogP contribution in [0.3, 0.4) is 0 Å². The minimum absolute atomic E-state index is 0.160. The first-order valence-electron chi connectivity index (χ1n) is 4.53. The summed E-state index contributed by atoms with van der Waals surface area (Å²) in [5.74, 6) is -3.10. The average molecular weight is 239 g/mol. The number of hydrogen-bond acceptors (Lipinski definition) is 3. The molecule has 2 aromatic rings. The molecule has 0 unspecified atom stereocenters. The number of nitrogens with two attached hydrogens (primary N) is 1. The lowest BCUT2D eigenvalue weighted by molar-refractivity contribution is 0.0699. The van der Waals surface area contributed by atoms with Crippen molar-refractivity contribution in [2.24, 2.45) is 0 Å². The van der Waals surface area contributed by atoms with Gasteiger partial charge in [0, 0.05) is 5.56 Å². The zero-order valence-corrected chi connectivity index (χ0v) is 8.37. The first-order chi connectivity index (χ1) is 8.00. The van der Waals surface area contributed by atoms with Gasteiger partial charge in [-0.15, -0.1) is 0 Å². The molecule has 1 heterocycles. The molecule has 5 nitrogen and oxygen atoms in total. The number of anilines is 1. The molecule has 2 rings (SSSR count). The standard InChI is InChI=1S/C10H7F2N3O2/c11-4-1-2-6(12)5(3-4)8-7(10(16)17)9(13)15-14-8/h1-3H,(H,16,17)(H3,13,14,15). The summed E-state index contributed by atoms with van der Waals surface area (Å²) < 4.78 is 26.5. The second-order valence-corrected chi connectivity index (χ2v) is 3.29. The molecule has 7 heteroatoms. The highest BCUT2D eigenvalue weighted by molar-refractivity contribution is 5.99. The van der Waals surface area contributed by atoms with Crippen LogP contribution in [0.25, 0.3) is 11.3 Å². The van der Waals surface area contributed by atoms with Crippen molar-refractivity contribution in [3.05, 3.63) is 35.4 Å². The maximum absolute atomic E-state index is 13.5. The average Bonchev–Trinajstić information content (AvgIpc) is 2.64. The highest BCUT2D eigenvalue weighted by Crippen LogP contribution is 2.28. The third-order valence-electron chi connectivity index (χ3n) is 2.21. The molecule has 0 amide bonds. The summed E-state index contributed by atoms with van der Waals surface area (Å²) in [7, 11) is 0. The van der Waals surface area contributed by atoms with Crippen molar-refractivity contribution in [1.82, 2.24) is 10.2 Å². The molecule has 0 aliphatic carbocycles. The Morgan fingerprint density at radius 1 is 1.41 bits per heavy atom. The number of nitrogens with zero attached hydrogens (tertiary/aromatic N) is 1. The Hall–Kier alpha value is -2.44. The van der Waals surface area contributed by atoms with Crippen LogP contribution in [-0.2, 0) is 0 Å². The van der Waals surface area contributed by atoms with Gasteiger partial charge in [-0.1, -0.05) is 0 Å². The van der Waals surface area contributed by atoms with E-state index in [4.69, 9.17) is 10.8 Å². The second-order valence-electron chi connectivity index (χ2n) is 3.29. The Balaban J connectivity index is 2.68. The fourth-order valence-corrected chi connectivity index (χ4v) is 1.46. The van der Waals surface area contributed by atoms with Crippen molar-refractivity contribution in [3.8, 4) is 11.3 Å². The number of hydrogen-bond donors (Lipinski definition) is 3. The largest absolute Gasteiger partial charge is 0.477 e. The molecule has 0 saturated heterocycles. The van der Waals surface area contributed by atoms with Crippen molar-refractivity contribution in [1.29, 1.82) is 0 Å². The normalized spacial score (nSPS) is 10.5. The van der Waals surface area contributed by atoms with Crippen LogP contribution >= 0.6 is 0 Å². The fraction of sp³-hybridized carbons (Fsp3) is 0. The molecular weight excluding hydrogens is 232 g/mol. The van der Waals surface area contributed by atoms with Gasteiger partial charge in [-0.3, -0.25) is 5.10 Å². The predicted molar refractivity (Wildman–Crippen MR) is 55.3 cm³/mol. The molecule has 1 aromatic heterocycles. The number of aromatic amines is 1. The molecule has 4 N–H and O–H groups in total. The molecule has 0 fully saturated rings. The van der Waals surface area contributed by atoms with E-state index in [1.54, 1.807) is 0 Å². The van der Waals surface area contributed by atoms with E-state index in [2.05, 4.69) is 10.2 Å². The first-order valence-corrected chi connectivity index (χ1v) is 4.53. The topological polar surface area (TPSA) is 92.0 Å². The van der Waals surface area contributed by atoms with Crippen molar-refractivity contribution >= 4 is 11.8 Å². The lowest BCUT2D eigenvalue weighted by atomic mass is 10.1. The van der Waals surface area contributed by atoms with E-state index in [9.17, 15) is 13.6 Å². The second kappa shape index (κ2) is 3.85. The summed E-state index contributed by atoms with van der Waals surface area (Å²) in [5, 5.41) is 14.6. The van der Waals surface area contributed by atoms with Crippen LogP contribution in [0.15, 0.2) is 18.2 Å². The number of nitrogens with one attached hydrogen (secondary N) is 1. The van der Waals surface area contributed by atoms with Gasteiger partial charge in [-0.2, -0.15) is 5.10 Å². The lowest BCUT2D eigenvalue weighted by Gasteiger charge is -2.02. The molecule has 0 aliphatic rings. The molecule has 0 atom stereocenters. The molecule has 0 radical (unpaired) electrons. The molecule has 0 bridgehead atoms. The Morgan fingerprint density at radius 3 is 2.76 bits per heavy atom. The predicted octanol–water partition coefficient (Wildman–Crippen LogP) is 1.64. The zero-order chi connectivity index (χ0) is 12.6. The van der Waals surface area contributed by atoms with Gasteiger partial charge in [0.1, 0.15) is 17.2 Å². The summed E-state index contributed by atoms with van der Waals surface area (Å²) in [4.78, 5) is 10.9. The quantitative estimate of drug-likeness (QED) is 0.742. The zero-order valence-electron chi connectivity index (χ0n) is 8.37. The number of halogens is 2. The van der Waals surface area contributed by atoms with Crippen LogP contribution in [0.4, 0.5) is 14.6 Å². The van der Waals surface area contributed by atoms with Gasteiger partial charge in [0.05, 0.1) is 5.69 Å². The molecule has 1 aromatic carbocycles. The van der Waals surface area contributed by atoms with E-state index in [1.807, 2.05) is 0 Å². The number of carboxylic acid groups (broad SMARTS) is 1. The Kier molecular flexibility index (Phi) is 2.51. The van der Waals surface area contributed by atoms with E-state index in [-0.39, 0.29) is 22.6 Å². The van der Waals surface area contributed by atoms with Crippen molar-refractivity contribution in [2.45, 2.75) is 0 Å². The number of aromatic nitrogens is 2. The number of H-pyrrole nitrogens is 1. The molecule has 17 heavy (non-hydrogen) atoms. The van der Waals surface area contributed by atoms with Gasteiger partial charge in [-0.05, 0) is 18.2 Å². The summed E-state index contributed by atoms with van der Waals surface area (Å²) in [5.41, 5.74) is 4.56. The SMILES string of the molecule is Nc1n[nH]c(-c2cc(F)ccc2F)c1C(=O)O. The Morgan fingerprint density at radius 2 is 2.12 bits per heavy atom. The van der Waals surface area contributed by atoms with E-state index in [1.165, 1.54) is 0 Å². The molecule has 0 spiro atoms. The fourth-order valence-electron chi connectivity index (χ4n) is 1.46. The monoisotopic (exact) mass is 239 g/mol. The number of carbonyl (C=O) groups is 1. The third kappa shape index (κ3) is 1.82. The number of carboxylic acids is 1. The summed E-state index contributed by atoms with van der Waals surface area (Å²) in [6.07, 6.45) is 0. The summed E-state index contributed by atoms with van der Waals surface area (Å²) in [6.45, 7) is 0. The lowest BCUT2D eigenvalue weighted by Crippen LogP contribution is -2.02. The van der Waals surface area contributed by atoms with Gasteiger partial charge in [-0.25, -0.2) is 13.6 Å². The molecule has 0 saturated carbocycles. The van der Waals surface area contributed by atoms with Crippen LogP contribution in [0.5, 0.6) is 0 Å². The van der Waals surface area contributed by atoms with Crippen molar-refractivity contribution in [3.63, 3.8) is 0 Å². The number of benzene rings is 1. The molecular formula is C10H7F2N3O2. The minimum atomic E-state index is -1.37. The number of rotatable bonds is 2. The van der Waals surface area contributed by atoms with Crippen LogP contribution in [-0.4, -0.2) is 21.3 Å². The molecule has 0 aliphatic heterocycles. The van der Waals surface area contributed by atoms with Crippen molar-refractivity contribution < 1.29 is 18.7 Å². The maximum Gasteiger partial charge on any atom is 0.341 e. The van der Waals surface area contributed by atoms with Gasteiger partial charge in [0.25, 0.3) is 0 Å². The first kappa shape index (κ1) is 11.1. The maximum atomic E-state index is 13.5. The summed E-state index contributed by atoms with van der Waals surface area (Å²) in [6, 6.07) is 2.70.